The fourth-order valence-corrected chi connectivity index (χ4v) is 1.42. The van der Waals surface area contributed by atoms with Crippen LogP contribution in [0.25, 0.3) is 0 Å². The minimum atomic E-state index is -4.02. The summed E-state index contributed by atoms with van der Waals surface area (Å²) in [6.45, 7) is 2.21. The Morgan fingerprint density at radius 1 is 1.37 bits per heavy atom. The van der Waals surface area contributed by atoms with Crippen molar-refractivity contribution >= 4 is 16.1 Å². The van der Waals surface area contributed by atoms with Crippen LogP contribution in [0.3, 0.4) is 0 Å². The van der Waals surface area contributed by atoms with E-state index in [9.17, 15) is 13.2 Å². The summed E-state index contributed by atoms with van der Waals surface area (Å²) >= 11 is 0. The summed E-state index contributed by atoms with van der Waals surface area (Å²) in [5.41, 5.74) is 5.99. The minimum absolute atomic E-state index is 0.0666. The van der Waals surface area contributed by atoms with E-state index in [1.807, 2.05) is 6.92 Å². The molecule has 106 valence electrons. The zero-order valence-electron chi connectivity index (χ0n) is 10.7. The number of benzene rings is 1. The summed E-state index contributed by atoms with van der Waals surface area (Å²) in [6.07, 6.45) is 2.83. The van der Waals surface area contributed by atoms with Crippen molar-refractivity contribution in [3.05, 3.63) is 42.0 Å². The first kappa shape index (κ1) is 17.3. The van der Waals surface area contributed by atoms with E-state index in [-0.39, 0.29) is 10.9 Å². The number of carbonyl (C=O) groups excluding carboxylic acids is 1. The lowest BCUT2D eigenvalue weighted by atomic mass is 10.2. The predicted octanol–water partition coefficient (Wildman–Crippen LogP) is 0.916. The zero-order valence-corrected chi connectivity index (χ0v) is 11.6. The summed E-state index contributed by atoms with van der Waals surface area (Å²) in [4.78, 5) is 10.1. The first-order chi connectivity index (χ1) is 8.81. The van der Waals surface area contributed by atoms with Crippen molar-refractivity contribution in [2.45, 2.75) is 11.8 Å². The molecular weight excluding hydrogens is 270 g/mol. The van der Waals surface area contributed by atoms with E-state index in [0.29, 0.717) is 6.54 Å². The highest BCUT2D eigenvalue weighted by Gasteiger charge is 2.06. The monoisotopic (exact) mass is 287 g/mol. The Kier molecular flexibility index (Phi) is 7.66. The number of methoxy groups -OCH3 is 1. The summed E-state index contributed by atoms with van der Waals surface area (Å²) < 4.78 is 33.8. The van der Waals surface area contributed by atoms with E-state index in [2.05, 4.69) is 4.74 Å². The van der Waals surface area contributed by atoms with Gasteiger partial charge in [-0.3, -0.25) is 4.55 Å². The maximum atomic E-state index is 10.5. The lowest BCUT2D eigenvalue weighted by Gasteiger charge is -1.95. The molecule has 0 heterocycles. The summed E-state index contributed by atoms with van der Waals surface area (Å²) in [6, 6.07) is 5.99. The number of aryl methyl sites for hydroxylation is 1. The van der Waals surface area contributed by atoms with Gasteiger partial charge in [0.2, 0.25) is 0 Å². The van der Waals surface area contributed by atoms with Gasteiger partial charge in [-0.2, -0.15) is 8.42 Å². The number of ether oxygens (including phenoxy) is 1. The molecule has 0 aromatic heterocycles. The van der Waals surface area contributed by atoms with Gasteiger partial charge in [-0.1, -0.05) is 23.8 Å². The molecule has 1 rings (SSSR count). The topological polar surface area (TPSA) is 107 Å². The van der Waals surface area contributed by atoms with Crippen LogP contribution < -0.4 is 5.73 Å². The standard InChI is InChI=1S/C7H8O3S.C5H9NO2/c1-6-2-4-7(5-3-6)11(8,9)10;1-8-5(7)3-2-4-6/h2-5H,1H3,(H,8,9,10);2-3H,4,6H2,1H3. The predicted molar refractivity (Wildman–Crippen MR) is 71.2 cm³/mol. The van der Waals surface area contributed by atoms with Gasteiger partial charge >= 0.3 is 5.97 Å². The highest BCUT2D eigenvalue weighted by atomic mass is 32.2. The fourth-order valence-electron chi connectivity index (χ4n) is 0.943. The maximum absolute atomic E-state index is 10.5. The Hall–Kier alpha value is -1.70. The van der Waals surface area contributed by atoms with E-state index in [0.717, 1.165) is 5.56 Å². The average Bonchev–Trinajstić information content (AvgIpc) is 2.36. The Morgan fingerprint density at radius 2 is 1.89 bits per heavy atom. The van der Waals surface area contributed by atoms with Crippen LogP contribution >= 0.6 is 0 Å². The Bertz CT molecular complexity index is 520. The van der Waals surface area contributed by atoms with Crippen LogP contribution in [0.15, 0.2) is 41.3 Å². The van der Waals surface area contributed by atoms with Crippen molar-refractivity contribution in [1.29, 1.82) is 0 Å². The highest BCUT2D eigenvalue weighted by molar-refractivity contribution is 7.85. The maximum Gasteiger partial charge on any atom is 0.330 e. The summed E-state index contributed by atoms with van der Waals surface area (Å²) in [5, 5.41) is 0. The second-order valence-electron chi connectivity index (χ2n) is 3.45. The number of rotatable bonds is 3. The van der Waals surface area contributed by atoms with Gasteiger partial charge in [0.05, 0.1) is 12.0 Å². The highest BCUT2D eigenvalue weighted by Crippen LogP contribution is 2.08. The van der Waals surface area contributed by atoms with Crippen LogP contribution in [0.4, 0.5) is 0 Å². The average molecular weight is 287 g/mol. The molecule has 1 aromatic carbocycles. The van der Waals surface area contributed by atoms with E-state index in [1.54, 1.807) is 12.1 Å². The first-order valence-corrected chi connectivity index (χ1v) is 6.74. The van der Waals surface area contributed by atoms with Crippen LogP contribution in [-0.2, 0) is 19.6 Å². The van der Waals surface area contributed by atoms with E-state index < -0.39 is 10.1 Å². The number of hydrogen-bond acceptors (Lipinski definition) is 5. The van der Waals surface area contributed by atoms with Crippen LogP contribution in [0, 0.1) is 6.92 Å². The molecular formula is C12H17NO5S. The van der Waals surface area contributed by atoms with E-state index in [1.165, 1.54) is 31.4 Å². The van der Waals surface area contributed by atoms with Crippen molar-refractivity contribution in [2.24, 2.45) is 5.73 Å². The quantitative estimate of drug-likeness (QED) is 0.486. The van der Waals surface area contributed by atoms with Gasteiger partial charge in [0.1, 0.15) is 0 Å². The molecule has 0 radical (unpaired) electrons. The second-order valence-corrected chi connectivity index (χ2v) is 4.87. The molecule has 3 N–H and O–H groups in total. The second kappa shape index (κ2) is 8.41. The van der Waals surface area contributed by atoms with Gasteiger partial charge < -0.3 is 10.5 Å². The van der Waals surface area contributed by atoms with Crippen LogP contribution in [0.1, 0.15) is 5.56 Å². The molecule has 6 nitrogen and oxygen atoms in total. The number of carbonyl (C=O) groups is 1. The van der Waals surface area contributed by atoms with Crippen LogP contribution in [-0.4, -0.2) is 32.6 Å². The van der Waals surface area contributed by atoms with Crippen molar-refractivity contribution < 1.29 is 22.5 Å². The lowest BCUT2D eigenvalue weighted by Crippen LogP contribution is -1.98. The molecule has 0 saturated carbocycles. The minimum Gasteiger partial charge on any atom is -0.466 e. The van der Waals surface area contributed by atoms with Gasteiger partial charge in [0.15, 0.2) is 0 Å². The molecule has 0 saturated heterocycles. The Labute approximate surface area is 112 Å². The number of hydrogen-bond donors (Lipinski definition) is 2. The molecule has 19 heavy (non-hydrogen) atoms. The molecule has 0 atom stereocenters. The molecule has 0 aliphatic rings. The van der Waals surface area contributed by atoms with Crippen LogP contribution in [0.5, 0.6) is 0 Å². The largest absolute Gasteiger partial charge is 0.466 e. The third kappa shape index (κ3) is 8.09. The molecule has 0 bridgehead atoms. The molecule has 0 amide bonds. The summed E-state index contributed by atoms with van der Waals surface area (Å²) in [5.74, 6) is -0.365. The Balaban J connectivity index is 0.000000362. The first-order valence-electron chi connectivity index (χ1n) is 5.30. The van der Waals surface area contributed by atoms with Gasteiger partial charge in [-0.25, -0.2) is 4.79 Å². The molecule has 0 aliphatic heterocycles. The van der Waals surface area contributed by atoms with Crippen molar-refractivity contribution in [2.75, 3.05) is 13.7 Å². The zero-order chi connectivity index (χ0) is 14.9. The van der Waals surface area contributed by atoms with Gasteiger partial charge in [-0.05, 0) is 19.1 Å². The van der Waals surface area contributed by atoms with Gasteiger partial charge in [-0.15, -0.1) is 0 Å². The van der Waals surface area contributed by atoms with Gasteiger partial charge in [0, 0.05) is 12.6 Å². The molecule has 0 aliphatic carbocycles. The molecule has 1 aromatic rings. The SMILES string of the molecule is COC(=O)C=CCN.Cc1ccc(S(=O)(=O)O)cc1. The number of esters is 1. The lowest BCUT2D eigenvalue weighted by molar-refractivity contribution is -0.134. The van der Waals surface area contributed by atoms with E-state index in [4.69, 9.17) is 10.3 Å². The Morgan fingerprint density at radius 3 is 2.26 bits per heavy atom. The van der Waals surface area contributed by atoms with Crippen molar-refractivity contribution in [1.82, 2.24) is 0 Å². The molecule has 0 spiro atoms. The molecule has 7 heteroatoms. The normalized spacial score (nSPS) is 10.7. The third-order valence-corrected chi connectivity index (χ3v) is 2.78. The summed E-state index contributed by atoms with van der Waals surface area (Å²) in [7, 11) is -2.70. The van der Waals surface area contributed by atoms with Crippen LogP contribution in [0.2, 0.25) is 0 Å². The van der Waals surface area contributed by atoms with Crippen molar-refractivity contribution in [3.63, 3.8) is 0 Å². The smallest absolute Gasteiger partial charge is 0.330 e. The number of nitrogens with two attached hydrogens (primary N) is 1. The van der Waals surface area contributed by atoms with Gasteiger partial charge in [0.25, 0.3) is 10.1 Å². The van der Waals surface area contributed by atoms with E-state index >= 15 is 0 Å². The molecule has 0 fully saturated rings. The molecule has 0 unspecified atom stereocenters. The fraction of sp³-hybridized carbons (Fsp3) is 0.250. The third-order valence-electron chi connectivity index (χ3n) is 1.91. The van der Waals surface area contributed by atoms with Crippen molar-refractivity contribution in [3.8, 4) is 0 Å².